The van der Waals surface area contributed by atoms with E-state index in [1.54, 1.807) is 0 Å². The number of hydrogen-bond acceptors (Lipinski definition) is 7. The summed E-state index contributed by atoms with van der Waals surface area (Å²) in [5, 5.41) is 5.13. The van der Waals surface area contributed by atoms with E-state index in [0.29, 0.717) is 24.9 Å². The Hall–Kier alpha value is -2.03. The summed E-state index contributed by atoms with van der Waals surface area (Å²) < 4.78 is 18.5. The Morgan fingerprint density at radius 3 is 2.47 bits per heavy atom. The van der Waals surface area contributed by atoms with E-state index < -0.39 is 5.79 Å². The van der Waals surface area contributed by atoms with Gasteiger partial charge < -0.3 is 18.9 Å². The van der Waals surface area contributed by atoms with Crippen molar-refractivity contribution in [3.8, 4) is 11.5 Å². The third kappa shape index (κ3) is 3.31. The molecule has 0 bridgehead atoms. The second kappa shape index (κ2) is 7.59. The zero-order valence-corrected chi connectivity index (χ0v) is 19.1. The van der Waals surface area contributed by atoms with Gasteiger partial charge in [-0.1, -0.05) is 28.0 Å². The van der Waals surface area contributed by atoms with Crippen LogP contribution in [0.25, 0.3) is 22.4 Å². The normalized spacial score (nSPS) is 18.6. The van der Waals surface area contributed by atoms with Crippen LogP contribution >= 0.6 is 15.9 Å². The first-order valence-corrected chi connectivity index (χ1v) is 11.3. The zero-order chi connectivity index (χ0) is 20.9. The maximum atomic E-state index is 5.91. The Morgan fingerprint density at radius 2 is 1.83 bits per heavy atom. The fourth-order valence-electron chi connectivity index (χ4n) is 4.54. The Kier molecular flexibility index (Phi) is 5.03. The summed E-state index contributed by atoms with van der Waals surface area (Å²) in [5.74, 6) is 1.60. The Balaban J connectivity index is 1.66. The predicted molar refractivity (Wildman–Crippen MR) is 118 cm³/mol. The standard InChI is InChI=1S/C22H25BrN4O3/c1-4-15-11-16(23)12-17-13(2)18(21-24-14(3)26-30-21)20(25-19(15)17)27-7-5-22(6-8-27)28-9-10-29-22/h11-12H,4-10H2,1-3H3. The fourth-order valence-corrected chi connectivity index (χ4v) is 5.04. The van der Waals surface area contributed by atoms with E-state index in [4.69, 9.17) is 19.0 Å². The molecule has 2 aromatic heterocycles. The third-order valence-electron chi connectivity index (χ3n) is 6.13. The van der Waals surface area contributed by atoms with Gasteiger partial charge in [0, 0.05) is 35.8 Å². The van der Waals surface area contributed by atoms with Gasteiger partial charge in [0.2, 0.25) is 0 Å². The van der Waals surface area contributed by atoms with Crippen molar-refractivity contribution >= 4 is 32.7 Å². The number of anilines is 1. The maximum absolute atomic E-state index is 5.91. The molecule has 0 radical (unpaired) electrons. The number of halogens is 1. The zero-order valence-electron chi connectivity index (χ0n) is 17.5. The molecule has 0 aliphatic carbocycles. The van der Waals surface area contributed by atoms with Crippen molar-refractivity contribution in [2.24, 2.45) is 0 Å². The number of pyridine rings is 1. The van der Waals surface area contributed by atoms with Crippen molar-refractivity contribution in [2.75, 3.05) is 31.2 Å². The lowest BCUT2D eigenvalue weighted by molar-refractivity contribution is -0.169. The van der Waals surface area contributed by atoms with Gasteiger partial charge in [0.1, 0.15) is 5.82 Å². The van der Waals surface area contributed by atoms with Crippen molar-refractivity contribution in [1.29, 1.82) is 0 Å². The van der Waals surface area contributed by atoms with Crippen LogP contribution in [0, 0.1) is 13.8 Å². The predicted octanol–water partition coefficient (Wildman–Crippen LogP) is 4.57. The third-order valence-corrected chi connectivity index (χ3v) is 6.59. The molecule has 2 aliphatic heterocycles. The number of hydrogen-bond donors (Lipinski definition) is 0. The molecule has 0 N–H and O–H groups in total. The first kappa shape index (κ1) is 19.9. The Morgan fingerprint density at radius 1 is 1.10 bits per heavy atom. The van der Waals surface area contributed by atoms with Crippen molar-refractivity contribution in [3.63, 3.8) is 0 Å². The Bertz CT molecular complexity index is 1100. The highest BCUT2D eigenvalue weighted by Gasteiger charge is 2.41. The summed E-state index contributed by atoms with van der Waals surface area (Å²) in [6.07, 6.45) is 2.54. The van der Waals surface area contributed by atoms with Gasteiger partial charge in [-0.05, 0) is 43.5 Å². The van der Waals surface area contributed by atoms with Gasteiger partial charge in [-0.3, -0.25) is 0 Å². The minimum Gasteiger partial charge on any atom is -0.356 e. The minimum atomic E-state index is -0.428. The van der Waals surface area contributed by atoms with E-state index in [0.717, 1.165) is 64.7 Å². The molecule has 0 amide bonds. The Labute approximate surface area is 183 Å². The number of fused-ring (bicyclic) bond motifs is 1. The van der Waals surface area contributed by atoms with Crippen LogP contribution in [0.3, 0.4) is 0 Å². The average Bonchev–Trinajstić information content (AvgIpc) is 3.37. The molecule has 8 heteroatoms. The molecular weight excluding hydrogens is 448 g/mol. The van der Waals surface area contributed by atoms with Gasteiger partial charge in [-0.15, -0.1) is 0 Å². The van der Waals surface area contributed by atoms with Crippen LogP contribution in [0.1, 0.15) is 36.7 Å². The van der Waals surface area contributed by atoms with Crippen LogP contribution < -0.4 is 4.90 Å². The molecule has 2 fully saturated rings. The topological polar surface area (TPSA) is 73.5 Å². The molecule has 158 valence electrons. The average molecular weight is 473 g/mol. The molecule has 1 aromatic carbocycles. The van der Waals surface area contributed by atoms with Crippen molar-refractivity contribution in [2.45, 2.75) is 45.8 Å². The first-order chi connectivity index (χ1) is 14.5. The van der Waals surface area contributed by atoms with Crippen molar-refractivity contribution < 1.29 is 14.0 Å². The second-order valence-electron chi connectivity index (χ2n) is 7.99. The lowest BCUT2D eigenvalue weighted by atomic mass is 9.98. The fraction of sp³-hybridized carbons (Fsp3) is 0.500. The quantitative estimate of drug-likeness (QED) is 0.552. The van der Waals surface area contributed by atoms with E-state index >= 15 is 0 Å². The van der Waals surface area contributed by atoms with Crippen LogP contribution in [0.2, 0.25) is 0 Å². The van der Waals surface area contributed by atoms with Gasteiger partial charge in [-0.25, -0.2) is 4.98 Å². The monoisotopic (exact) mass is 472 g/mol. The summed E-state index contributed by atoms with van der Waals surface area (Å²) in [5.41, 5.74) is 4.26. The molecule has 0 atom stereocenters. The van der Waals surface area contributed by atoms with Crippen molar-refractivity contribution in [3.05, 3.63) is 33.6 Å². The molecule has 30 heavy (non-hydrogen) atoms. The summed E-state index contributed by atoms with van der Waals surface area (Å²) in [4.78, 5) is 12.0. The van der Waals surface area contributed by atoms with E-state index in [2.05, 4.69) is 57.0 Å². The van der Waals surface area contributed by atoms with E-state index in [-0.39, 0.29) is 0 Å². The molecule has 7 nitrogen and oxygen atoms in total. The number of rotatable bonds is 3. The largest absolute Gasteiger partial charge is 0.356 e. The second-order valence-corrected chi connectivity index (χ2v) is 8.91. The van der Waals surface area contributed by atoms with E-state index in [9.17, 15) is 0 Å². The molecule has 0 saturated carbocycles. The number of aryl methyl sites for hydroxylation is 3. The number of aromatic nitrogens is 3. The number of benzene rings is 1. The molecule has 2 aliphatic rings. The highest BCUT2D eigenvalue weighted by Crippen LogP contribution is 2.40. The molecular formula is C22H25BrN4O3. The van der Waals surface area contributed by atoms with Gasteiger partial charge in [0.05, 0.1) is 24.3 Å². The molecule has 4 heterocycles. The van der Waals surface area contributed by atoms with Crippen LogP contribution in [0.15, 0.2) is 21.1 Å². The molecule has 3 aromatic rings. The lowest BCUT2D eigenvalue weighted by Gasteiger charge is -2.38. The van der Waals surface area contributed by atoms with Crippen LogP contribution in [-0.2, 0) is 15.9 Å². The number of ether oxygens (including phenoxy) is 2. The highest BCUT2D eigenvalue weighted by atomic mass is 79.9. The van der Waals surface area contributed by atoms with Crippen LogP contribution in [-0.4, -0.2) is 47.2 Å². The summed E-state index contributed by atoms with van der Waals surface area (Å²) in [6.45, 7) is 9.06. The molecule has 2 saturated heterocycles. The SMILES string of the molecule is CCc1cc(Br)cc2c(C)c(-c3nc(C)no3)c(N3CCC4(CC3)OCCO4)nc12. The number of nitrogens with zero attached hydrogens (tertiary/aromatic N) is 4. The van der Waals surface area contributed by atoms with Gasteiger partial charge in [-0.2, -0.15) is 4.98 Å². The highest BCUT2D eigenvalue weighted by molar-refractivity contribution is 9.10. The summed E-state index contributed by atoms with van der Waals surface area (Å²) in [7, 11) is 0. The van der Waals surface area contributed by atoms with Gasteiger partial charge >= 0.3 is 0 Å². The van der Waals surface area contributed by atoms with Crippen LogP contribution in [0.5, 0.6) is 0 Å². The minimum absolute atomic E-state index is 0.428. The summed E-state index contributed by atoms with van der Waals surface area (Å²) in [6, 6.07) is 4.28. The molecule has 5 rings (SSSR count). The van der Waals surface area contributed by atoms with Crippen molar-refractivity contribution in [1.82, 2.24) is 15.1 Å². The molecule has 0 unspecified atom stereocenters. The summed E-state index contributed by atoms with van der Waals surface area (Å²) >= 11 is 3.66. The number of piperidine rings is 1. The van der Waals surface area contributed by atoms with Gasteiger partial charge in [0.25, 0.3) is 5.89 Å². The molecule has 1 spiro atoms. The lowest BCUT2D eigenvalue weighted by Crippen LogP contribution is -2.45. The van der Waals surface area contributed by atoms with Gasteiger partial charge in [0.15, 0.2) is 11.6 Å². The van der Waals surface area contributed by atoms with E-state index in [1.807, 2.05) is 6.92 Å². The maximum Gasteiger partial charge on any atom is 0.261 e. The van der Waals surface area contributed by atoms with Crippen LogP contribution in [0.4, 0.5) is 5.82 Å². The van der Waals surface area contributed by atoms with E-state index in [1.165, 1.54) is 5.56 Å². The first-order valence-electron chi connectivity index (χ1n) is 10.5. The smallest absolute Gasteiger partial charge is 0.261 e.